The Bertz CT molecular complexity index is 534. The van der Waals surface area contributed by atoms with Crippen molar-refractivity contribution in [3.05, 3.63) is 39.5 Å². The largest absolute Gasteiger partial charge is 0.245 e. The molecule has 0 saturated carbocycles. The van der Waals surface area contributed by atoms with Crippen molar-refractivity contribution in [2.45, 2.75) is 33.6 Å². The topological polar surface area (TPSA) is 12.9 Å². The predicted molar refractivity (Wildman–Crippen MR) is 76.1 cm³/mol. The molecule has 1 aromatic carbocycles. The van der Waals surface area contributed by atoms with Crippen LogP contribution in [0.5, 0.6) is 0 Å². The SMILES string of the molecule is Cc1cc(C)c(-c2sc(CCl)nc2C)c(C)c1. The first kappa shape index (κ1) is 12.6. The Balaban J connectivity index is 2.63. The van der Waals surface area contributed by atoms with Crippen LogP contribution in [0.2, 0.25) is 0 Å². The number of thiazole rings is 1. The highest BCUT2D eigenvalue weighted by Gasteiger charge is 2.13. The predicted octanol–water partition coefficient (Wildman–Crippen LogP) is 4.78. The van der Waals surface area contributed by atoms with Gasteiger partial charge in [0.2, 0.25) is 0 Å². The zero-order chi connectivity index (χ0) is 12.6. The van der Waals surface area contributed by atoms with Crippen LogP contribution >= 0.6 is 22.9 Å². The van der Waals surface area contributed by atoms with Crippen LogP contribution in [-0.4, -0.2) is 4.98 Å². The third-order valence-corrected chi connectivity index (χ3v) is 4.45. The Morgan fingerprint density at radius 3 is 2.18 bits per heavy atom. The molecular weight excluding hydrogens is 250 g/mol. The van der Waals surface area contributed by atoms with E-state index in [1.807, 2.05) is 0 Å². The molecule has 3 heteroatoms. The van der Waals surface area contributed by atoms with E-state index in [0.29, 0.717) is 5.88 Å². The maximum Gasteiger partial charge on any atom is 0.108 e. The number of hydrogen-bond acceptors (Lipinski definition) is 2. The van der Waals surface area contributed by atoms with Crippen molar-refractivity contribution in [2.75, 3.05) is 0 Å². The van der Waals surface area contributed by atoms with Gasteiger partial charge in [-0.25, -0.2) is 4.98 Å². The van der Waals surface area contributed by atoms with Crippen LogP contribution in [0.4, 0.5) is 0 Å². The summed E-state index contributed by atoms with van der Waals surface area (Å²) in [7, 11) is 0. The molecule has 0 aliphatic carbocycles. The van der Waals surface area contributed by atoms with Crippen molar-refractivity contribution in [3.8, 4) is 10.4 Å². The number of nitrogens with zero attached hydrogens (tertiary/aromatic N) is 1. The van der Waals surface area contributed by atoms with Crippen LogP contribution in [0.3, 0.4) is 0 Å². The van der Waals surface area contributed by atoms with Crippen LogP contribution in [-0.2, 0) is 5.88 Å². The van der Waals surface area contributed by atoms with Gasteiger partial charge >= 0.3 is 0 Å². The van der Waals surface area contributed by atoms with Crippen molar-refractivity contribution < 1.29 is 0 Å². The summed E-state index contributed by atoms with van der Waals surface area (Å²) in [5, 5.41) is 0.999. The number of rotatable bonds is 2. The molecule has 0 spiro atoms. The van der Waals surface area contributed by atoms with Gasteiger partial charge in [-0.3, -0.25) is 0 Å². The van der Waals surface area contributed by atoms with Gasteiger partial charge in [0, 0.05) is 0 Å². The number of hydrogen-bond donors (Lipinski definition) is 0. The highest BCUT2D eigenvalue weighted by molar-refractivity contribution is 7.15. The van der Waals surface area contributed by atoms with Gasteiger partial charge in [0.1, 0.15) is 5.01 Å². The molecule has 17 heavy (non-hydrogen) atoms. The number of benzene rings is 1. The molecule has 1 aromatic heterocycles. The normalized spacial score (nSPS) is 10.9. The average Bonchev–Trinajstić information content (AvgIpc) is 2.59. The van der Waals surface area contributed by atoms with E-state index in [0.717, 1.165) is 10.7 Å². The Hall–Kier alpha value is -0.860. The molecule has 90 valence electrons. The zero-order valence-corrected chi connectivity index (χ0v) is 12.2. The minimum absolute atomic E-state index is 0.495. The number of alkyl halides is 1. The molecule has 0 amide bonds. The summed E-state index contributed by atoms with van der Waals surface area (Å²) >= 11 is 7.56. The average molecular weight is 266 g/mol. The van der Waals surface area contributed by atoms with Crippen LogP contribution in [0.15, 0.2) is 12.1 Å². The Morgan fingerprint density at radius 1 is 1.12 bits per heavy atom. The van der Waals surface area contributed by atoms with Crippen molar-refractivity contribution in [3.63, 3.8) is 0 Å². The standard InChI is InChI=1S/C14H16ClNS/c1-8-5-9(2)13(10(3)6-8)14-11(4)16-12(7-15)17-14/h5-6H,7H2,1-4H3. The highest BCUT2D eigenvalue weighted by Crippen LogP contribution is 2.35. The van der Waals surface area contributed by atoms with E-state index in [2.05, 4.69) is 44.8 Å². The van der Waals surface area contributed by atoms with Crippen molar-refractivity contribution in [1.29, 1.82) is 0 Å². The first-order valence-electron chi connectivity index (χ1n) is 5.63. The van der Waals surface area contributed by atoms with Gasteiger partial charge in [0.05, 0.1) is 16.5 Å². The van der Waals surface area contributed by atoms with E-state index < -0.39 is 0 Å². The van der Waals surface area contributed by atoms with Crippen LogP contribution in [0.25, 0.3) is 10.4 Å². The molecule has 1 heterocycles. The molecule has 0 unspecified atom stereocenters. The minimum atomic E-state index is 0.495. The van der Waals surface area contributed by atoms with Gasteiger partial charge in [-0.15, -0.1) is 22.9 Å². The van der Waals surface area contributed by atoms with E-state index in [1.54, 1.807) is 11.3 Å². The number of aryl methyl sites for hydroxylation is 4. The third kappa shape index (κ3) is 2.38. The van der Waals surface area contributed by atoms with Gasteiger partial charge in [-0.05, 0) is 44.4 Å². The second-order valence-electron chi connectivity index (χ2n) is 4.43. The lowest BCUT2D eigenvalue weighted by atomic mass is 9.98. The van der Waals surface area contributed by atoms with E-state index >= 15 is 0 Å². The lowest BCUT2D eigenvalue weighted by molar-refractivity contribution is 1.18. The first-order chi connectivity index (χ1) is 8.02. The van der Waals surface area contributed by atoms with Gasteiger partial charge in [-0.1, -0.05) is 17.7 Å². The molecule has 1 nitrogen and oxygen atoms in total. The summed E-state index contributed by atoms with van der Waals surface area (Å²) in [5.74, 6) is 0.495. The fraction of sp³-hybridized carbons (Fsp3) is 0.357. The highest BCUT2D eigenvalue weighted by atomic mass is 35.5. The fourth-order valence-electron chi connectivity index (χ4n) is 2.28. The second kappa shape index (κ2) is 4.79. The summed E-state index contributed by atoms with van der Waals surface area (Å²) in [5.41, 5.74) is 6.34. The third-order valence-electron chi connectivity index (χ3n) is 2.86. The maximum absolute atomic E-state index is 5.85. The summed E-state index contributed by atoms with van der Waals surface area (Å²) in [6.07, 6.45) is 0. The Labute approximate surface area is 111 Å². The van der Waals surface area contributed by atoms with Gasteiger partial charge in [0.25, 0.3) is 0 Å². The van der Waals surface area contributed by atoms with Crippen molar-refractivity contribution >= 4 is 22.9 Å². The summed E-state index contributed by atoms with van der Waals surface area (Å²) < 4.78 is 0. The smallest absolute Gasteiger partial charge is 0.108 e. The molecule has 2 aromatic rings. The van der Waals surface area contributed by atoms with Crippen LogP contribution in [0.1, 0.15) is 27.4 Å². The zero-order valence-electron chi connectivity index (χ0n) is 10.6. The quantitative estimate of drug-likeness (QED) is 0.712. The van der Waals surface area contributed by atoms with E-state index in [4.69, 9.17) is 11.6 Å². The molecule has 0 aliphatic heterocycles. The van der Waals surface area contributed by atoms with E-state index in [1.165, 1.54) is 27.1 Å². The maximum atomic E-state index is 5.85. The Morgan fingerprint density at radius 2 is 1.71 bits per heavy atom. The molecule has 0 aliphatic rings. The van der Waals surface area contributed by atoms with Gasteiger partial charge in [-0.2, -0.15) is 0 Å². The molecule has 2 rings (SSSR count). The number of halogens is 1. The lowest BCUT2D eigenvalue weighted by Crippen LogP contribution is -1.89. The summed E-state index contributed by atoms with van der Waals surface area (Å²) in [4.78, 5) is 5.76. The Kier molecular flexibility index (Phi) is 3.55. The minimum Gasteiger partial charge on any atom is -0.245 e. The summed E-state index contributed by atoms with van der Waals surface area (Å²) in [6.45, 7) is 8.51. The van der Waals surface area contributed by atoms with E-state index in [-0.39, 0.29) is 0 Å². The molecule has 0 N–H and O–H groups in total. The summed E-state index contributed by atoms with van der Waals surface area (Å²) in [6, 6.07) is 4.45. The molecule has 0 bridgehead atoms. The van der Waals surface area contributed by atoms with Crippen LogP contribution in [0, 0.1) is 27.7 Å². The first-order valence-corrected chi connectivity index (χ1v) is 6.98. The molecule has 0 radical (unpaired) electrons. The van der Waals surface area contributed by atoms with Crippen molar-refractivity contribution in [2.24, 2.45) is 0 Å². The molecule has 0 fully saturated rings. The lowest BCUT2D eigenvalue weighted by Gasteiger charge is -2.10. The van der Waals surface area contributed by atoms with Crippen molar-refractivity contribution in [1.82, 2.24) is 4.98 Å². The van der Waals surface area contributed by atoms with Gasteiger partial charge < -0.3 is 0 Å². The fourth-order valence-corrected chi connectivity index (χ4v) is 3.59. The van der Waals surface area contributed by atoms with Crippen LogP contribution < -0.4 is 0 Å². The monoisotopic (exact) mass is 265 g/mol. The second-order valence-corrected chi connectivity index (χ2v) is 5.78. The molecule has 0 saturated heterocycles. The molecular formula is C14H16ClNS. The molecule has 0 atom stereocenters. The number of aromatic nitrogens is 1. The van der Waals surface area contributed by atoms with Gasteiger partial charge in [0.15, 0.2) is 0 Å². The van der Waals surface area contributed by atoms with E-state index in [9.17, 15) is 0 Å².